The molecule has 0 aliphatic rings. The van der Waals surface area contributed by atoms with Gasteiger partial charge < -0.3 is 30.2 Å². The van der Waals surface area contributed by atoms with E-state index in [1.54, 1.807) is 6.08 Å². The number of carbonyl (C=O) groups is 2. The van der Waals surface area contributed by atoms with Crippen molar-refractivity contribution in [3.63, 3.8) is 0 Å². The molecule has 2 N–H and O–H groups in total. The van der Waals surface area contributed by atoms with E-state index >= 15 is 0 Å². The molecule has 0 aliphatic carbocycles. The molecule has 0 atom stereocenters. The Hall–Kier alpha value is -1.64. The van der Waals surface area contributed by atoms with E-state index in [-0.39, 0.29) is 11.8 Å². The van der Waals surface area contributed by atoms with Crippen LogP contribution in [0.25, 0.3) is 0 Å². The second kappa shape index (κ2) is 17.2. The lowest BCUT2D eigenvalue weighted by atomic mass is 10.3. The van der Waals surface area contributed by atoms with Crippen LogP contribution in [-0.4, -0.2) is 120 Å². The van der Waals surface area contributed by atoms with Gasteiger partial charge >= 0.3 is 0 Å². The summed E-state index contributed by atoms with van der Waals surface area (Å²) < 4.78 is 0. The molecule has 0 radical (unpaired) electrons. The zero-order chi connectivity index (χ0) is 22.1. The average Bonchev–Trinajstić information content (AvgIpc) is 2.63. The first-order chi connectivity index (χ1) is 13.7. The maximum atomic E-state index is 12.1. The molecule has 0 unspecified atom stereocenters. The van der Waals surface area contributed by atoms with E-state index in [1.165, 1.54) is 0 Å². The maximum absolute atomic E-state index is 12.1. The molecular weight excluding hydrogens is 368 g/mol. The Balaban J connectivity index is 4.34. The van der Waals surface area contributed by atoms with Crippen molar-refractivity contribution in [2.75, 3.05) is 88.1 Å². The number of hydrogen-bond donors (Lipinski definition) is 2. The highest BCUT2D eigenvalue weighted by Crippen LogP contribution is 1.98. The van der Waals surface area contributed by atoms with Gasteiger partial charge in [0.1, 0.15) is 0 Å². The van der Waals surface area contributed by atoms with E-state index in [9.17, 15) is 9.59 Å². The highest BCUT2D eigenvalue weighted by atomic mass is 16.2. The van der Waals surface area contributed by atoms with E-state index < -0.39 is 0 Å². The first-order valence-corrected chi connectivity index (χ1v) is 10.6. The Morgan fingerprint density at radius 1 is 0.690 bits per heavy atom. The fourth-order valence-corrected chi connectivity index (χ4v) is 2.65. The molecule has 8 nitrogen and oxygen atoms in total. The summed E-state index contributed by atoms with van der Waals surface area (Å²) in [4.78, 5) is 32.5. The summed E-state index contributed by atoms with van der Waals surface area (Å²) >= 11 is 0. The van der Waals surface area contributed by atoms with Crippen LogP contribution in [0.1, 0.15) is 25.7 Å². The van der Waals surface area contributed by atoms with E-state index in [4.69, 9.17) is 0 Å². The molecule has 0 bridgehead atoms. The topological polar surface area (TPSA) is 71.2 Å². The highest BCUT2D eigenvalue weighted by Gasteiger charge is 2.06. The largest absolute Gasteiger partial charge is 0.377 e. The van der Waals surface area contributed by atoms with Gasteiger partial charge in [-0.1, -0.05) is 0 Å². The SMILES string of the molecule is CN(C)CCCNC(=O)C=CN(CCCN(C)C)CCC(=O)NCCCN(C)C. The Kier molecular flexibility index (Phi) is 16.3. The molecule has 29 heavy (non-hydrogen) atoms. The molecule has 0 rings (SSSR count). The Morgan fingerprint density at radius 2 is 1.21 bits per heavy atom. The van der Waals surface area contributed by atoms with Crippen LogP contribution in [0, 0.1) is 0 Å². The van der Waals surface area contributed by atoms with E-state index in [1.807, 2.05) is 48.5 Å². The number of rotatable bonds is 17. The molecular formula is C21H44N6O2. The van der Waals surface area contributed by atoms with Crippen LogP contribution in [0.2, 0.25) is 0 Å². The summed E-state index contributed by atoms with van der Waals surface area (Å²) in [7, 11) is 12.2. The first-order valence-electron chi connectivity index (χ1n) is 10.6. The molecule has 0 heterocycles. The number of carbonyl (C=O) groups excluding carboxylic acids is 2. The highest BCUT2D eigenvalue weighted by molar-refractivity contribution is 5.87. The zero-order valence-corrected chi connectivity index (χ0v) is 19.5. The van der Waals surface area contributed by atoms with Crippen molar-refractivity contribution >= 4 is 11.8 Å². The van der Waals surface area contributed by atoms with Crippen LogP contribution in [0.4, 0.5) is 0 Å². The standard InChI is InChI=1S/C21H44N6O2/c1-24(2)14-7-12-22-20(28)10-18-27(17-9-16-26(5)6)19-11-21(29)23-13-8-15-25(3)4/h10,18H,7-9,11-17,19H2,1-6H3,(H,22,28)(H,23,29). The number of amides is 2. The molecule has 0 fully saturated rings. The number of nitrogens with zero attached hydrogens (tertiary/aromatic N) is 4. The first kappa shape index (κ1) is 27.4. The molecule has 170 valence electrons. The minimum Gasteiger partial charge on any atom is -0.377 e. The molecule has 0 aromatic rings. The van der Waals surface area contributed by atoms with Gasteiger partial charge in [-0.05, 0) is 81.2 Å². The average molecular weight is 413 g/mol. The lowest BCUT2D eigenvalue weighted by Crippen LogP contribution is -2.31. The van der Waals surface area contributed by atoms with Gasteiger partial charge in [0.15, 0.2) is 0 Å². The summed E-state index contributed by atoms with van der Waals surface area (Å²) in [5.74, 6) is -0.0302. The second-order valence-electron chi connectivity index (χ2n) is 8.21. The fourth-order valence-electron chi connectivity index (χ4n) is 2.65. The Bertz CT molecular complexity index is 466. The molecule has 8 heteroatoms. The second-order valence-corrected chi connectivity index (χ2v) is 8.21. The third kappa shape index (κ3) is 19.4. The van der Waals surface area contributed by atoms with Crippen molar-refractivity contribution < 1.29 is 9.59 Å². The van der Waals surface area contributed by atoms with Gasteiger partial charge in [-0.15, -0.1) is 0 Å². The quantitative estimate of drug-likeness (QED) is 0.264. The maximum Gasteiger partial charge on any atom is 0.245 e. The third-order valence-electron chi connectivity index (χ3n) is 4.30. The summed E-state index contributed by atoms with van der Waals surface area (Å²) in [6.07, 6.45) is 6.66. The van der Waals surface area contributed by atoms with Crippen molar-refractivity contribution in [1.29, 1.82) is 0 Å². The molecule has 0 aliphatic heterocycles. The monoisotopic (exact) mass is 412 g/mol. The van der Waals surface area contributed by atoms with Gasteiger partial charge in [0.05, 0.1) is 0 Å². The minimum atomic E-state index is -0.0884. The van der Waals surface area contributed by atoms with E-state index in [0.29, 0.717) is 26.1 Å². The minimum absolute atomic E-state index is 0.0582. The van der Waals surface area contributed by atoms with Gasteiger partial charge in [-0.3, -0.25) is 9.59 Å². The van der Waals surface area contributed by atoms with Gasteiger partial charge in [0.2, 0.25) is 11.8 Å². The van der Waals surface area contributed by atoms with Gasteiger partial charge in [0.25, 0.3) is 0 Å². The zero-order valence-electron chi connectivity index (χ0n) is 19.5. The molecule has 0 aromatic heterocycles. The molecule has 2 amide bonds. The fraction of sp³-hybridized carbons (Fsp3) is 0.810. The normalized spacial score (nSPS) is 11.6. The predicted octanol–water partition coefficient (Wildman–Crippen LogP) is 0.280. The van der Waals surface area contributed by atoms with Crippen LogP contribution >= 0.6 is 0 Å². The predicted molar refractivity (Wildman–Crippen MR) is 121 cm³/mol. The van der Waals surface area contributed by atoms with E-state index in [2.05, 4.69) is 30.2 Å². The molecule has 0 saturated heterocycles. The van der Waals surface area contributed by atoms with Gasteiger partial charge in [-0.2, -0.15) is 0 Å². The van der Waals surface area contributed by atoms with Crippen LogP contribution in [0.5, 0.6) is 0 Å². The molecule has 0 spiro atoms. The Morgan fingerprint density at radius 3 is 1.76 bits per heavy atom. The third-order valence-corrected chi connectivity index (χ3v) is 4.30. The lowest BCUT2D eigenvalue weighted by molar-refractivity contribution is -0.121. The van der Waals surface area contributed by atoms with Crippen molar-refractivity contribution in [3.05, 3.63) is 12.3 Å². The number of nitrogens with one attached hydrogen (secondary N) is 2. The number of hydrogen-bond acceptors (Lipinski definition) is 6. The van der Waals surface area contributed by atoms with E-state index in [0.717, 1.165) is 45.4 Å². The summed E-state index contributed by atoms with van der Waals surface area (Å²) in [5.41, 5.74) is 0. The summed E-state index contributed by atoms with van der Waals surface area (Å²) in [6.45, 7) is 5.67. The van der Waals surface area contributed by atoms with Crippen molar-refractivity contribution in [3.8, 4) is 0 Å². The molecule has 0 saturated carbocycles. The summed E-state index contributed by atoms with van der Waals surface area (Å²) in [6, 6.07) is 0. The van der Waals surface area contributed by atoms with Crippen LogP contribution in [0.3, 0.4) is 0 Å². The van der Waals surface area contributed by atoms with Crippen LogP contribution < -0.4 is 10.6 Å². The van der Waals surface area contributed by atoms with Crippen molar-refractivity contribution in [1.82, 2.24) is 30.2 Å². The van der Waals surface area contributed by atoms with Crippen LogP contribution in [0.15, 0.2) is 12.3 Å². The summed E-state index contributed by atoms with van der Waals surface area (Å²) in [5, 5.41) is 5.87. The molecule has 0 aromatic carbocycles. The van der Waals surface area contributed by atoms with Gasteiger partial charge in [0, 0.05) is 44.9 Å². The van der Waals surface area contributed by atoms with Crippen LogP contribution in [-0.2, 0) is 9.59 Å². The lowest BCUT2D eigenvalue weighted by Gasteiger charge is -2.21. The Labute approximate surface area is 178 Å². The van der Waals surface area contributed by atoms with Crippen molar-refractivity contribution in [2.45, 2.75) is 25.7 Å². The smallest absolute Gasteiger partial charge is 0.245 e. The van der Waals surface area contributed by atoms with Gasteiger partial charge in [-0.25, -0.2) is 0 Å². The van der Waals surface area contributed by atoms with Crippen molar-refractivity contribution in [2.24, 2.45) is 0 Å².